The van der Waals surface area contributed by atoms with Gasteiger partial charge in [0.05, 0.1) is 31.7 Å². The van der Waals surface area contributed by atoms with Crippen LogP contribution in [0.5, 0.6) is 0 Å². The van der Waals surface area contributed by atoms with Crippen LogP contribution in [0, 0.1) is 5.92 Å². The van der Waals surface area contributed by atoms with E-state index in [9.17, 15) is 9.90 Å². The number of fused-ring (bicyclic) bond motifs is 1. The minimum atomic E-state index is -0.500. The number of nitrogens with one attached hydrogen (secondary N) is 1. The van der Waals surface area contributed by atoms with Gasteiger partial charge >= 0.3 is 0 Å². The molecule has 6 nitrogen and oxygen atoms in total. The van der Waals surface area contributed by atoms with Crippen molar-refractivity contribution >= 4 is 5.91 Å². The van der Waals surface area contributed by atoms with Crippen LogP contribution in [0.1, 0.15) is 34.3 Å². The highest BCUT2D eigenvalue weighted by molar-refractivity contribution is 5.96. The zero-order valence-electron chi connectivity index (χ0n) is 14.1. The Bertz CT molecular complexity index is 744. The van der Waals surface area contributed by atoms with Gasteiger partial charge in [-0.25, -0.2) is 4.98 Å². The molecule has 132 valence electrons. The fraction of sp³-hybridized carbons (Fsp3) is 0.474. The fourth-order valence-corrected chi connectivity index (χ4v) is 4.00. The molecule has 2 N–H and O–H groups in total. The first-order valence-electron chi connectivity index (χ1n) is 8.84. The van der Waals surface area contributed by atoms with Crippen molar-refractivity contribution in [1.29, 1.82) is 0 Å². The van der Waals surface area contributed by atoms with E-state index in [1.165, 1.54) is 0 Å². The predicted octanol–water partition coefficient (Wildman–Crippen LogP) is 1.53. The van der Waals surface area contributed by atoms with Gasteiger partial charge in [0.1, 0.15) is 0 Å². The molecule has 0 radical (unpaired) electrons. The maximum Gasteiger partial charge on any atom is 0.251 e. The zero-order valence-corrected chi connectivity index (χ0v) is 14.1. The number of rotatable bonds is 4. The van der Waals surface area contributed by atoms with Crippen LogP contribution in [0.3, 0.4) is 0 Å². The zero-order chi connectivity index (χ0) is 17.2. The Balaban J connectivity index is 1.43. The van der Waals surface area contributed by atoms with Crippen molar-refractivity contribution in [2.45, 2.75) is 44.6 Å². The number of aromatic nitrogens is 2. The van der Waals surface area contributed by atoms with Gasteiger partial charge in [-0.2, -0.15) is 0 Å². The summed E-state index contributed by atoms with van der Waals surface area (Å²) in [6, 6.07) is 5.58. The molecule has 0 spiro atoms. The second kappa shape index (κ2) is 6.98. The molecular weight excluding hydrogens is 318 g/mol. The number of aliphatic hydroxyl groups is 1. The Labute approximate surface area is 146 Å². The normalized spacial score (nSPS) is 25.6. The molecule has 2 aromatic rings. The lowest BCUT2D eigenvalue weighted by atomic mass is 9.96. The molecule has 1 amide bonds. The number of hydrogen-bond donors (Lipinski definition) is 2. The van der Waals surface area contributed by atoms with Crippen LogP contribution >= 0.6 is 0 Å². The topological polar surface area (TPSA) is 76.4 Å². The molecular formula is C19H23N3O3. The SMILES string of the molecule is O=C(N[C@@H]1CC(Cn2ccnc2)C[C@H]1O)c1cccc2c1CCOC2. The number of ether oxygens (including phenoxy) is 1. The smallest absolute Gasteiger partial charge is 0.251 e. The van der Waals surface area contributed by atoms with Crippen LogP contribution in [0.4, 0.5) is 0 Å². The van der Waals surface area contributed by atoms with Gasteiger partial charge < -0.3 is 19.7 Å². The van der Waals surface area contributed by atoms with E-state index in [4.69, 9.17) is 4.74 Å². The monoisotopic (exact) mass is 341 g/mol. The average Bonchev–Trinajstić information content (AvgIpc) is 3.25. The van der Waals surface area contributed by atoms with E-state index in [1.54, 1.807) is 12.5 Å². The number of aliphatic hydroxyl groups excluding tert-OH is 1. The van der Waals surface area contributed by atoms with Gasteiger partial charge in [0.25, 0.3) is 5.91 Å². The minimum absolute atomic E-state index is 0.0916. The van der Waals surface area contributed by atoms with Gasteiger partial charge in [0, 0.05) is 24.5 Å². The molecule has 2 heterocycles. The lowest BCUT2D eigenvalue weighted by Gasteiger charge is -2.21. The third-order valence-corrected chi connectivity index (χ3v) is 5.24. The van der Waals surface area contributed by atoms with Gasteiger partial charge in [-0.3, -0.25) is 4.79 Å². The van der Waals surface area contributed by atoms with Gasteiger partial charge in [0.15, 0.2) is 0 Å². The summed E-state index contributed by atoms with van der Waals surface area (Å²) < 4.78 is 7.49. The molecule has 1 saturated carbocycles. The highest BCUT2D eigenvalue weighted by Crippen LogP contribution is 2.28. The number of benzene rings is 1. The van der Waals surface area contributed by atoms with Crippen molar-refractivity contribution in [2.75, 3.05) is 6.61 Å². The van der Waals surface area contributed by atoms with Crippen LogP contribution < -0.4 is 5.32 Å². The Kier molecular flexibility index (Phi) is 4.55. The quantitative estimate of drug-likeness (QED) is 0.884. The van der Waals surface area contributed by atoms with Gasteiger partial charge in [-0.1, -0.05) is 12.1 Å². The van der Waals surface area contributed by atoms with Crippen molar-refractivity contribution < 1.29 is 14.6 Å². The largest absolute Gasteiger partial charge is 0.391 e. The number of hydrogen-bond acceptors (Lipinski definition) is 4. The van der Waals surface area contributed by atoms with E-state index >= 15 is 0 Å². The Morgan fingerprint density at radius 2 is 2.32 bits per heavy atom. The third kappa shape index (κ3) is 3.45. The summed E-state index contributed by atoms with van der Waals surface area (Å²) in [4.78, 5) is 16.8. The molecule has 0 saturated heterocycles. The van der Waals surface area contributed by atoms with Crippen molar-refractivity contribution in [3.8, 4) is 0 Å². The lowest BCUT2D eigenvalue weighted by Crippen LogP contribution is -2.40. The van der Waals surface area contributed by atoms with Crippen LogP contribution in [0.15, 0.2) is 36.9 Å². The number of amides is 1. The first-order chi connectivity index (χ1) is 12.2. The van der Waals surface area contributed by atoms with Crippen molar-refractivity contribution in [3.05, 3.63) is 53.6 Å². The second-order valence-electron chi connectivity index (χ2n) is 6.99. The Morgan fingerprint density at radius 1 is 1.40 bits per heavy atom. The highest BCUT2D eigenvalue weighted by Gasteiger charge is 2.34. The predicted molar refractivity (Wildman–Crippen MR) is 92.0 cm³/mol. The molecule has 1 aromatic heterocycles. The summed E-state index contributed by atoms with van der Waals surface area (Å²) in [5.74, 6) is 0.249. The Morgan fingerprint density at radius 3 is 3.16 bits per heavy atom. The molecule has 3 atom stereocenters. The summed E-state index contributed by atoms with van der Waals surface area (Å²) in [6.45, 7) is 2.04. The Hall–Kier alpha value is -2.18. The van der Waals surface area contributed by atoms with Crippen LogP contribution in [0.2, 0.25) is 0 Å². The number of nitrogens with zero attached hydrogens (tertiary/aromatic N) is 2. The molecule has 2 aliphatic rings. The summed E-state index contributed by atoms with van der Waals surface area (Å²) in [6.07, 6.45) is 7.21. The number of carbonyl (C=O) groups is 1. The molecule has 1 aliphatic heterocycles. The second-order valence-corrected chi connectivity index (χ2v) is 6.99. The molecule has 1 fully saturated rings. The average molecular weight is 341 g/mol. The summed E-state index contributed by atoms with van der Waals surface area (Å²) in [5.41, 5.74) is 2.88. The van der Waals surface area contributed by atoms with E-state index in [2.05, 4.69) is 10.3 Å². The first-order valence-corrected chi connectivity index (χ1v) is 8.84. The first kappa shape index (κ1) is 16.3. The highest BCUT2D eigenvalue weighted by atomic mass is 16.5. The van der Waals surface area contributed by atoms with E-state index in [0.29, 0.717) is 31.1 Å². The maximum atomic E-state index is 12.8. The van der Waals surface area contributed by atoms with Gasteiger partial charge in [-0.15, -0.1) is 0 Å². The molecule has 1 aliphatic carbocycles. The molecule has 1 aromatic carbocycles. The van der Waals surface area contributed by atoms with E-state index in [-0.39, 0.29) is 11.9 Å². The summed E-state index contributed by atoms with van der Waals surface area (Å²) >= 11 is 0. The van der Waals surface area contributed by atoms with E-state index in [1.807, 2.05) is 29.0 Å². The van der Waals surface area contributed by atoms with Crippen LogP contribution in [-0.2, 0) is 24.3 Å². The minimum Gasteiger partial charge on any atom is -0.391 e. The summed E-state index contributed by atoms with van der Waals surface area (Å²) in [7, 11) is 0. The molecule has 6 heteroatoms. The molecule has 1 unspecified atom stereocenters. The standard InChI is InChI=1S/C19H23N3O3/c23-18-9-13(10-22-6-5-20-12-22)8-17(18)21-19(24)16-3-1-2-14-11-25-7-4-15(14)16/h1-3,5-6,12-13,17-18,23H,4,7-11H2,(H,21,24)/t13?,17-,18-/m1/s1. The van der Waals surface area contributed by atoms with Gasteiger partial charge in [0.2, 0.25) is 0 Å². The van der Waals surface area contributed by atoms with Crippen LogP contribution in [0.25, 0.3) is 0 Å². The van der Waals surface area contributed by atoms with Gasteiger partial charge in [-0.05, 0) is 42.4 Å². The van der Waals surface area contributed by atoms with E-state index in [0.717, 1.165) is 30.5 Å². The number of carbonyl (C=O) groups excluding carboxylic acids is 1. The van der Waals surface area contributed by atoms with Crippen LogP contribution in [-0.4, -0.2) is 39.3 Å². The van der Waals surface area contributed by atoms with Crippen molar-refractivity contribution in [1.82, 2.24) is 14.9 Å². The molecule has 0 bridgehead atoms. The fourth-order valence-electron chi connectivity index (χ4n) is 4.00. The number of imidazole rings is 1. The molecule has 4 rings (SSSR count). The third-order valence-electron chi connectivity index (χ3n) is 5.24. The van der Waals surface area contributed by atoms with E-state index < -0.39 is 6.10 Å². The summed E-state index contributed by atoms with van der Waals surface area (Å²) in [5, 5.41) is 13.4. The lowest BCUT2D eigenvalue weighted by molar-refractivity contribution is 0.0864. The van der Waals surface area contributed by atoms with Crippen molar-refractivity contribution in [2.24, 2.45) is 5.92 Å². The molecule has 25 heavy (non-hydrogen) atoms. The maximum absolute atomic E-state index is 12.8. The van der Waals surface area contributed by atoms with Crippen molar-refractivity contribution in [3.63, 3.8) is 0 Å².